The first-order valence-electron chi connectivity index (χ1n) is 7.05. The number of imidazole rings is 1. The van der Waals surface area contributed by atoms with Gasteiger partial charge in [-0.1, -0.05) is 0 Å². The lowest BCUT2D eigenvalue weighted by Crippen LogP contribution is -2.47. The van der Waals surface area contributed by atoms with Crippen LogP contribution in [0.3, 0.4) is 0 Å². The Bertz CT molecular complexity index is 488. The van der Waals surface area contributed by atoms with Crippen molar-refractivity contribution in [2.45, 2.75) is 25.7 Å². The number of piperidine rings is 1. The van der Waals surface area contributed by atoms with Gasteiger partial charge in [0.1, 0.15) is 5.82 Å². The van der Waals surface area contributed by atoms with Crippen LogP contribution in [0.15, 0.2) is 12.4 Å². The van der Waals surface area contributed by atoms with E-state index >= 15 is 0 Å². The van der Waals surface area contributed by atoms with Gasteiger partial charge in [-0.25, -0.2) is 9.71 Å². The molecule has 0 amide bonds. The minimum absolute atomic E-state index is 0.281. The third-order valence-electron chi connectivity index (χ3n) is 3.58. The summed E-state index contributed by atoms with van der Waals surface area (Å²) >= 11 is 0. The summed E-state index contributed by atoms with van der Waals surface area (Å²) in [5.41, 5.74) is 5.63. The molecular formula is C12H23N5O2S. The molecule has 0 bridgehead atoms. The second-order valence-corrected chi connectivity index (χ2v) is 6.90. The molecule has 0 spiro atoms. The Labute approximate surface area is 120 Å². The van der Waals surface area contributed by atoms with Crippen LogP contribution in [0, 0.1) is 5.92 Å². The summed E-state index contributed by atoms with van der Waals surface area (Å²) in [6, 6.07) is 0. The zero-order chi connectivity index (χ0) is 14.4. The summed E-state index contributed by atoms with van der Waals surface area (Å²) in [5.74, 6) is 1.16. The van der Waals surface area contributed by atoms with Crippen LogP contribution >= 0.6 is 0 Å². The highest BCUT2D eigenvalue weighted by molar-refractivity contribution is 7.87. The molecule has 8 heteroatoms. The van der Waals surface area contributed by atoms with Gasteiger partial charge in [-0.15, -0.1) is 0 Å². The van der Waals surface area contributed by atoms with Crippen molar-refractivity contribution in [1.82, 2.24) is 19.0 Å². The first-order chi connectivity index (χ1) is 9.62. The summed E-state index contributed by atoms with van der Waals surface area (Å²) in [7, 11) is -3.37. The standard InChI is InChI=1S/C12H23N5O2S/c13-9-11-3-2-8-17(10-11)20(18,19)16-5-1-4-12-14-6-7-15-12/h6-7,11,16H,1-5,8-10,13H2,(H,14,15). The predicted molar refractivity (Wildman–Crippen MR) is 77.2 cm³/mol. The molecule has 4 N–H and O–H groups in total. The SMILES string of the molecule is NCC1CCCN(S(=O)(=O)NCCCc2ncc[nH]2)C1. The number of aromatic amines is 1. The van der Waals surface area contributed by atoms with Crippen LogP contribution in [0.25, 0.3) is 0 Å². The number of H-pyrrole nitrogens is 1. The van der Waals surface area contributed by atoms with E-state index in [9.17, 15) is 8.42 Å². The van der Waals surface area contributed by atoms with Crippen LogP contribution in [0.5, 0.6) is 0 Å². The molecule has 1 aromatic heterocycles. The Morgan fingerprint density at radius 3 is 3.10 bits per heavy atom. The molecule has 0 aromatic carbocycles. The van der Waals surface area contributed by atoms with Gasteiger partial charge < -0.3 is 10.7 Å². The highest BCUT2D eigenvalue weighted by atomic mass is 32.2. The lowest BCUT2D eigenvalue weighted by molar-refractivity contribution is 0.268. The fourth-order valence-corrected chi connectivity index (χ4v) is 3.78. The predicted octanol–water partition coefficient (Wildman–Crippen LogP) is -0.153. The highest BCUT2D eigenvalue weighted by Crippen LogP contribution is 2.17. The maximum absolute atomic E-state index is 12.2. The van der Waals surface area contributed by atoms with Gasteiger partial charge in [0.15, 0.2) is 0 Å². The van der Waals surface area contributed by atoms with Crippen molar-refractivity contribution in [2.24, 2.45) is 11.7 Å². The lowest BCUT2D eigenvalue weighted by atomic mass is 10.0. The summed E-state index contributed by atoms with van der Waals surface area (Å²) in [6.07, 6.45) is 6.82. The molecule has 20 heavy (non-hydrogen) atoms. The van der Waals surface area contributed by atoms with E-state index in [0.717, 1.165) is 31.5 Å². The molecule has 1 fully saturated rings. The smallest absolute Gasteiger partial charge is 0.279 e. The topological polar surface area (TPSA) is 104 Å². The molecule has 114 valence electrons. The van der Waals surface area contributed by atoms with Crippen molar-refractivity contribution in [3.8, 4) is 0 Å². The van der Waals surface area contributed by atoms with Gasteiger partial charge >= 0.3 is 0 Å². The van der Waals surface area contributed by atoms with E-state index in [4.69, 9.17) is 5.73 Å². The van der Waals surface area contributed by atoms with Gasteiger partial charge in [-0.2, -0.15) is 12.7 Å². The second-order valence-electron chi connectivity index (χ2n) is 5.14. The van der Waals surface area contributed by atoms with Gasteiger partial charge in [0.05, 0.1) is 0 Å². The summed E-state index contributed by atoms with van der Waals surface area (Å²) < 4.78 is 28.5. The molecule has 0 saturated carbocycles. The van der Waals surface area contributed by atoms with E-state index in [1.807, 2.05) is 0 Å². The van der Waals surface area contributed by atoms with Gasteiger partial charge in [0.25, 0.3) is 10.2 Å². The minimum atomic E-state index is -3.37. The van der Waals surface area contributed by atoms with Crippen molar-refractivity contribution >= 4 is 10.2 Å². The minimum Gasteiger partial charge on any atom is -0.349 e. The Kier molecular flexibility index (Phi) is 5.53. The first-order valence-corrected chi connectivity index (χ1v) is 8.49. The second kappa shape index (κ2) is 7.16. The number of aryl methyl sites for hydroxylation is 1. The van der Waals surface area contributed by atoms with E-state index in [-0.39, 0.29) is 5.92 Å². The molecule has 1 aromatic rings. The fourth-order valence-electron chi connectivity index (χ4n) is 2.42. The molecular weight excluding hydrogens is 278 g/mol. The van der Waals surface area contributed by atoms with Gasteiger partial charge in [0.2, 0.25) is 0 Å². The fraction of sp³-hybridized carbons (Fsp3) is 0.750. The highest BCUT2D eigenvalue weighted by Gasteiger charge is 2.27. The Hall–Kier alpha value is -0.960. The zero-order valence-electron chi connectivity index (χ0n) is 11.6. The maximum atomic E-state index is 12.2. The quantitative estimate of drug-likeness (QED) is 0.609. The third-order valence-corrected chi connectivity index (χ3v) is 5.17. The molecule has 1 unspecified atom stereocenters. The van der Waals surface area contributed by atoms with Crippen molar-refractivity contribution in [3.05, 3.63) is 18.2 Å². The Morgan fingerprint density at radius 2 is 2.40 bits per heavy atom. The van der Waals surface area contributed by atoms with Crippen LogP contribution in [-0.2, 0) is 16.6 Å². The van der Waals surface area contributed by atoms with Crippen LogP contribution in [0.2, 0.25) is 0 Å². The van der Waals surface area contributed by atoms with Crippen molar-refractivity contribution < 1.29 is 8.42 Å². The van der Waals surface area contributed by atoms with E-state index in [2.05, 4.69) is 14.7 Å². The molecule has 1 aliphatic heterocycles. The van der Waals surface area contributed by atoms with Gasteiger partial charge in [-0.3, -0.25) is 0 Å². The lowest BCUT2D eigenvalue weighted by Gasteiger charge is -2.31. The van der Waals surface area contributed by atoms with Crippen molar-refractivity contribution in [2.75, 3.05) is 26.2 Å². The molecule has 2 rings (SSSR count). The molecule has 1 atom stereocenters. The molecule has 2 heterocycles. The summed E-state index contributed by atoms with van der Waals surface area (Å²) in [4.78, 5) is 7.10. The Balaban J connectivity index is 1.75. The molecule has 0 radical (unpaired) electrons. The van der Waals surface area contributed by atoms with E-state index in [1.54, 1.807) is 12.4 Å². The van der Waals surface area contributed by atoms with Crippen molar-refractivity contribution in [1.29, 1.82) is 0 Å². The number of nitrogens with zero attached hydrogens (tertiary/aromatic N) is 2. The van der Waals surface area contributed by atoms with E-state index < -0.39 is 10.2 Å². The van der Waals surface area contributed by atoms with Crippen molar-refractivity contribution in [3.63, 3.8) is 0 Å². The van der Waals surface area contributed by atoms with E-state index in [0.29, 0.717) is 26.2 Å². The third kappa shape index (κ3) is 4.27. The molecule has 7 nitrogen and oxygen atoms in total. The normalized spacial score (nSPS) is 21.1. The number of hydrogen-bond donors (Lipinski definition) is 3. The summed E-state index contributed by atoms with van der Waals surface area (Å²) in [5, 5.41) is 0. The van der Waals surface area contributed by atoms with E-state index in [1.165, 1.54) is 4.31 Å². The zero-order valence-corrected chi connectivity index (χ0v) is 12.4. The van der Waals surface area contributed by atoms with Crippen LogP contribution in [0.1, 0.15) is 25.1 Å². The average Bonchev–Trinajstić information content (AvgIpc) is 2.97. The number of rotatable bonds is 7. The van der Waals surface area contributed by atoms with Crippen LogP contribution < -0.4 is 10.5 Å². The number of aromatic nitrogens is 2. The van der Waals surface area contributed by atoms with Gasteiger partial charge in [0, 0.05) is 38.4 Å². The first kappa shape index (κ1) is 15.4. The molecule has 1 aliphatic rings. The Morgan fingerprint density at radius 1 is 1.55 bits per heavy atom. The largest absolute Gasteiger partial charge is 0.349 e. The van der Waals surface area contributed by atoms with Crippen LogP contribution in [0.4, 0.5) is 0 Å². The maximum Gasteiger partial charge on any atom is 0.279 e. The monoisotopic (exact) mass is 301 g/mol. The average molecular weight is 301 g/mol. The number of nitrogens with two attached hydrogens (primary N) is 1. The molecule has 0 aliphatic carbocycles. The van der Waals surface area contributed by atoms with Gasteiger partial charge in [-0.05, 0) is 31.7 Å². The summed E-state index contributed by atoms with van der Waals surface area (Å²) in [6.45, 7) is 2.09. The number of hydrogen-bond acceptors (Lipinski definition) is 4. The molecule has 1 saturated heterocycles. The van der Waals surface area contributed by atoms with Crippen LogP contribution in [-0.4, -0.2) is 48.9 Å². The number of nitrogens with one attached hydrogen (secondary N) is 2.